The summed E-state index contributed by atoms with van der Waals surface area (Å²) in [4.78, 5) is 39.0. The van der Waals surface area contributed by atoms with Gasteiger partial charge in [-0.05, 0) is 49.4 Å². The molecular formula is C26H30N2O6. The minimum atomic E-state index is -1.15. The summed E-state index contributed by atoms with van der Waals surface area (Å²) in [6, 6.07) is 14.0. The molecule has 0 aromatic heterocycles. The van der Waals surface area contributed by atoms with Gasteiger partial charge in [-0.15, -0.1) is 0 Å². The summed E-state index contributed by atoms with van der Waals surface area (Å²) >= 11 is 0. The van der Waals surface area contributed by atoms with Gasteiger partial charge < -0.3 is 19.9 Å². The van der Waals surface area contributed by atoms with Gasteiger partial charge in [0.05, 0.1) is 6.10 Å². The van der Waals surface area contributed by atoms with Gasteiger partial charge in [-0.3, -0.25) is 9.69 Å². The van der Waals surface area contributed by atoms with Crippen LogP contribution in [0.25, 0.3) is 11.1 Å². The van der Waals surface area contributed by atoms with Crippen molar-refractivity contribution in [2.24, 2.45) is 0 Å². The molecular weight excluding hydrogens is 436 g/mol. The van der Waals surface area contributed by atoms with Crippen molar-refractivity contribution in [2.75, 3.05) is 6.61 Å². The van der Waals surface area contributed by atoms with E-state index in [0.717, 1.165) is 22.3 Å². The molecule has 8 nitrogen and oxygen atoms in total. The van der Waals surface area contributed by atoms with E-state index < -0.39 is 41.9 Å². The van der Waals surface area contributed by atoms with Crippen molar-refractivity contribution in [3.05, 3.63) is 59.7 Å². The molecule has 2 aromatic carbocycles. The van der Waals surface area contributed by atoms with Crippen molar-refractivity contribution >= 4 is 18.0 Å². The highest BCUT2D eigenvalue weighted by Gasteiger charge is 2.52. The monoisotopic (exact) mass is 466 g/mol. The standard InChI is InChI=1S/C26H30N2O6/c1-5-21(23(29)28-22(24(30)31)15(2)34-26(28,3)4)27-25(32)33-14-20-18-12-8-6-10-16(18)17-11-7-9-13-19(17)20/h6-13,15,20-22H,5,14H2,1-4H3,(H,27,32)(H,30,31)/t15-,21+,22+/m1/s1. The summed E-state index contributed by atoms with van der Waals surface area (Å²) in [5.74, 6) is -1.77. The largest absolute Gasteiger partial charge is 0.480 e. The van der Waals surface area contributed by atoms with E-state index in [-0.39, 0.29) is 18.9 Å². The second-order valence-corrected chi connectivity index (χ2v) is 9.19. The molecule has 1 aliphatic carbocycles. The fourth-order valence-electron chi connectivity index (χ4n) is 5.12. The van der Waals surface area contributed by atoms with Crippen LogP contribution in [0.2, 0.25) is 0 Å². The van der Waals surface area contributed by atoms with Crippen LogP contribution in [-0.4, -0.2) is 58.5 Å². The molecule has 0 bridgehead atoms. The van der Waals surface area contributed by atoms with E-state index >= 15 is 0 Å². The molecule has 0 unspecified atom stereocenters. The average Bonchev–Trinajstić information content (AvgIpc) is 3.25. The van der Waals surface area contributed by atoms with Gasteiger partial charge in [0.25, 0.3) is 0 Å². The van der Waals surface area contributed by atoms with Crippen LogP contribution in [0.4, 0.5) is 4.79 Å². The quantitative estimate of drug-likeness (QED) is 0.672. The van der Waals surface area contributed by atoms with E-state index in [2.05, 4.69) is 17.4 Å². The van der Waals surface area contributed by atoms with Crippen molar-refractivity contribution in [2.45, 2.75) is 63.9 Å². The van der Waals surface area contributed by atoms with E-state index in [9.17, 15) is 19.5 Å². The maximum atomic E-state index is 13.3. The third-order valence-corrected chi connectivity index (χ3v) is 6.61. The molecule has 1 saturated heterocycles. The molecule has 0 spiro atoms. The Kier molecular flexibility index (Phi) is 6.36. The van der Waals surface area contributed by atoms with Gasteiger partial charge in [-0.2, -0.15) is 0 Å². The predicted octanol–water partition coefficient (Wildman–Crippen LogP) is 3.74. The topological polar surface area (TPSA) is 105 Å². The lowest BCUT2D eigenvalue weighted by atomic mass is 9.98. The number of hydrogen-bond donors (Lipinski definition) is 2. The van der Waals surface area contributed by atoms with Crippen LogP contribution >= 0.6 is 0 Å². The minimum Gasteiger partial charge on any atom is -0.480 e. The number of rotatable bonds is 6. The Morgan fingerprint density at radius 3 is 2.18 bits per heavy atom. The Labute approximate surface area is 198 Å². The summed E-state index contributed by atoms with van der Waals surface area (Å²) in [5, 5.41) is 12.3. The van der Waals surface area contributed by atoms with Gasteiger partial charge in [0.2, 0.25) is 5.91 Å². The van der Waals surface area contributed by atoms with Crippen LogP contribution in [0, 0.1) is 0 Å². The molecule has 1 fully saturated rings. The molecule has 180 valence electrons. The molecule has 2 amide bonds. The number of nitrogens with zero attached hydrogens (tertiary/aromatic N) is 1. The van der Waals surface area contributed by atoms with Crippen LogP contribution in [-0.2, 0) is 19.1 Å². The SMILES string of the molecule is CC[C@H](NC(=O)OCC1c2ccccc2-c2ccccc21)C(=O)N1[C@H](C(=O)O)[C@@H](C)OC1(C)C. The second kappa shape index (κ2) is 9.10. The first-order valence-corrected chi connectivity index (χ1v) is 11.5. The van der Waals surface area contributed by atoms with Crippen LogP contribution in [0.1, 0.15) is 51.2 Å². The van der Waals surface area contributed by atoms with E-state index in [0.29, 0.717) is 0 Å². The number of carbonyl (C=O) groups excluding carboxylic acids is 2. The Bertz CT molecular complexity index is 1070. The number of carboxylic acid groups (broad SMARTS) is 1. The third kappa shape index (κ3) is 4.14. The number of benzene rings is 2. The van der Waals surface area contributed by atoms with Crippen LogP contribution in [0.15, 0.2) is 48.5 Å². The number of nitrogens with one attached hydrogen (secondary N) is 1. The number of aliphatic carboxylic acids is 1. The van der Waals surface area contributed by atoms with Crippen LogP contribution in [0.3, 0.4) is 0 Å². The molecule has 2 aliphatic rings. The molecule has 3 atom stereocenters. The molecule has 2 aromatic rings. The average molecular weight is 467 g/mol. The Morgan fingerprint density at radius 1 is 1.09 bits per heavy atom. The molecule has 2 N–H and O–H groups in total. The Morgan fingerprint density at radius 2 is 1.65 bits per heavy atom. The van der Waals surface area contributed by atoms with E-state index in [4.69, 9.17) is 9.47 Å². The predicted molar refractivity (Wildman–Crippen MR) is 125 cm³/mol. The number of ether oxygens (including phenoxy) is 2. The molecule has 4 rings (SSSR count). The molecule has 1 aliphatic heterocycles. The lowest BCUT2D eigenvalue weighted by Crippen LogP contribution is -2.58. The summed E-state index contributed by atoms with van der Waals surface area (Å²) in [5.41, 5.74) is 3.32. The fourth-order valence-corrected chi connectivity index (χ4v) is 5.12. The molecule has 0 saturated carbocycles. The number of alkyl carbamates (subject to hydrolysis) is 1. The smallest absolute Gasteiger partial charge is 0.407 e. The first-order chi connectivity index (χ1) is 16.2. The van der Waals surface area contributed by atoms with Gasteiger partial charge >= 0.3 is 12.1 Å². The first-order valence-electron chi connectivity index (χ1n) is 11.5. The number of fused-ring (bicyclic) bond motifs is 3. The summed E-state index contributed by atoms with van der Waals surface area (Å²) < 4.78 is 11.3. The van der Waals surface area contributed by atoms with Gasteiger partial charge in [-0.25, -0.2) is 9.59 Å². The minimum absolute atomic E-state index is 0.0999. The number of hydrogen-bond acceptors (Lipinski definition) is 5. The Hall–Kier alpha value is -3.39. The van der Waals surface area contributed by atoms with E-state index in [1.54, 1.807) is 27.7 Å². The third-order valence-electron chi connectivity index (χ3n) is 6.61. The normalized spacial score (nSPS) is 21.5. The van der Waals surface area contributed by atoms with Crippen LogP contribution < -0.4 is 5.32 Å². The van der Waals surface area contributed by atoms with E-state index in [1.807, 2.05) is 36.4 Å². The number of carbonyl (C=O) groups is 3. The lowest BCUT2D eigenvalue weighted by Gasteiger charge is -2.34. The molecule has 34 heavy (non-hydrogen) atoms. The van der Waals surface area contributed by atoms with E-state index in [1.165, 1.54) is 4.90 Å². The lowest BCUT2D eigenvalue weighted by molar-refractivity contribution is -0.156. The van der Waals surface area contributed by atoms with Gasteiger partial charge in [0.1, 0.15) is 18.4 Å². The zero-order chi connectivity index (χ0) is 24.6. The highest BCUT2D eigenvalue weighted by atomic mass is 16.6. The second-order valence-electron chi connectivity index (χ2n) is 9.19. The molecule has 0 radical (unpaired) electrons. The number of carboxylic acids is 1. The maximum absolute atomic E-state index is 13.3. The van der Waals surface area contributed by atoms with Crippen molar-refractivity contribution in [1.29, 1.82) is 0 Å². The summed E-state index contributed by atoms with van der Waals surface area (Å²) in [6.45, 7) is 6.77. The van der Waals surface area contributed by atoms with Gasteiger partial charge in [-0.1, -0.05) is 55.5 Å². The maximum Gasteiger partial charge on any atom is 0.407 e. The summed E-state index contributed by atoms with van der Waals surface area (Å²) in [7, 11) is 0. The van der Waals surface area contributed by atoms with Crippen molar-refractivity contribution in [3.8, 4) is 11.1 Å². The van der Waals surface area contributed by atoms with Gasteiger partial charge in [0.15, 0.2) is 6.04 Å². The first kappa shape index (κ1) is 23.8. The van der Waals surface area contributed by atoms with Crippen molar-refractivity contribution in [1.82, 2.24) is 10.2 Å². The van der Waals surface area contributed by atoms with Gasteiger partial charge in [0, 0.05) is 5.92 Å². The zero-order valence-corrected chi connectivity index (χ0v) is 19.8. The van der Waals surface area contributed by atoms with Crippen molar-refractivity contribution in [3.63, 3.8) is 0 Å². The Balaban J connectivity index is 1.45. The highest BCUT2D eigenvalue weighted by molar-refractivity contribution is 5.90. The van der Waals surface area contributed by atoms with Crippen molar-refractivity contribution < 1.29 is 29.0 Å². The zero-order valence-electron chi connectivity index (χ0n) is 19.8. The molecule has 1 heterocycles. The molecule has 8 heteroatoms. The summed E-state index contributed by atoms with van der Waals surface area (Å²) in [6.07, 6.45) is -1.13. The fraction of sp³-hybridized carbons (Fsp3) is 0.423. The van der Waals surface area contributed by atoms with Crippen LogP contribution in [0.5, 0.6) is 0 Å². The number of amides is 2. The highest BCUT2D eigenvalue weighted by Crippen LogP contribution is 2.44.